The lowest BCUT2D eigenvalue weighted by Gasteiger charge is -2.08. The summed E-state index contributed by atoms with van der Waals surface area (Å²) >= 11 is 0. The van der Waals surface area contributed by atoms with Crippen molar-refractivity contribution in [2.75, 3.05) is 13.7 Å². The molecule has 0 aliphatic heterocycles. The van der Waals surface area contributed by atoms with Gasteiger partial charge >= 0.3 is 0 Å². The van der Waals surface area contributed by atoms with Crippen molar-refractivity contribution in [2.45, 2.75) is 39.2 Å². The number of nitrogens with one attached hydrogen (secondary N) is 1. The lowest BCUT2D eigenvalue weighted by Crippen LogP contribution is -2.18. The zero-order valence-corrected chi connectivity index (χ0v) is 11.6. The van der Waals surface area contributed by atoms with Crippen molar-refractivity contribution in [2.24, 2.45) is 0 Å². The molecule has 1 aromatic rings. The van der Waals surface area contributed by atoms with E-state index >= 15 is 0 Å². The van der Waals surface area contributed by atoms with Crippen LogP contribution in [0.5, 0.6) is 5.75 Å². The Hall–Kier alpha value is -1.28. The molecule has 1 N–H and O–H groups in total. The highest BCUT2D eigenvalue weighted by Crippen LogP contribution is 2.22. The van der Waals surface area contributed by atoms with Crippen molar-refractivity contribution in [3.05, 3.63) is 34.9 Å². The molecule has 2 heteroatoms. The molecule has 0 saturated heterocycles. The van der Waals surface area contributed by atoms with E-state index in [1.807, 2.05) is 6.07 Å². The minimum Gasteiger partial charge on any atom is -0.496 e. The van der Waals surface area contributed by atoms with E-state index in [9.17, 15) is 0 Å². The van der Waals surface area contributed by atoms with Crippen molar-refractivity contribution in [3.63, 3.8) is 0 Å². The lowest BCUT2D eigenvalue weighted by atomic mass is 10.1. The Bertz CT molecular complexity index is 433. The minimum atomic E-state index is 0.776. The standard InChI is InChI=1S/C16H23NO/c1-4-13(11-17-15-6-7-15)10-14-5-8-16(18-3)12(2)9-14/h5,8-10,15,17H,4,6-7,11H2,1-3H3. The van der Waals surface area contributed by atoms with Gasteiger partial charge in [-0.05, 0) is 49.4 Å². The molecule has 0 atom stereocenters. The third-order valence-electron chi connectivity index (χ3n) is 3.44. The Morgan fingerprint density at radius 3 is 2.78 bits per heavy atom. The van der Waals surface area contributed by atoms with Crippen LogP contribution in [-0.2, 0) is 0 Å². The first-order valence-corrected chi connectivity index (χ1v) is 6.80. The fourth-order valence-corrected chi connectivity index (χ4v) is 2.07. The van der Waals surface area contributed by atoms with Crippen molar-refractivity contribution in [1.82, 2.24) is 5.32 Å². The van der Waals surface area contributed by atoms with Gasteiger partial charge in [-0.25, -0.2) is 0 Å². The molecule has 0 heterocycles. The molecule has 2 rings (SSSR count). The monoisotopic (exact) mass is 245 g/mol. The third-order valence-corrected chi connectivity index (χ3v) is 3.44. The number of benzene rings is 1. The zero-order chi connectivity index (χ0) is 13.0. The molecule has 0 aromatic heterocycles. The molecule has 1 aliphatic carbocycles. The number of methoxy groups -OCH3 is 1. The first-order chi connectivity index (χ1) is 8.72. The number of aryl methyl sites for hydroxylation is 1. The lowest BCUT2D eigenvalue weighted by molar-refractivity contribution is 0.411. The molecule has 98 valence electrons. The smallest absolute Gasteiger partial charge is 0.121 e. The van der Waals surface area contributed by atoms with Gasteiger partial charge in [0.25, 0.3) is 0 Å². The molecule has 0 spiro atoms. The van der Waals surface area contributed by atoms with Gasteiger partial charge in [0.15, 0.2) is 0 Å². The quantitative estimate of drug-likeness (QED) is 0.827. The van der Waals surface area contributed by atoms with Gasteiger partial charge in [0.05, 0.1) is 7.11 Å². The molecular formula is C16H23NO. The van der Waals surface area contributed by atoms with Gasteiger partial charge in [-0.15, -0.1) is 0 Å². The average Bonchev–Trinajstić information content (AvgIpc) is 3.18. The maximum Gasteiger partial charge on any atom is 0.121 e. The van der Waals surface area contributed by atoms with Crippen molar-refractivity contribution >= 4 is 6.08 Å². The summed E-state index contributed by atoms with van der Waals surface area (Å²) in [5.74, 6) is 0.960. The second-order valence-electron chi connectivity index (χ2n) is 5.04. The van der Waals surface area contributed by atoms with Crippen LogP contribution in [0.1, 0.15) is 37.3 Å². The fraction of sp³-hybridized carbons (Fsp3) is 0.500. The van der Waals surface area contributed by atoms with Crippen LogP contribution in [0, 0.1) is 6.92 Å². The second kappa shape index (κ2) is 6.05. The first-order valence-electron chi connectivity index (χ1n) is 6.80. The predicted molar refractivity (Wildman–Crippen MR) is 77.0 cm³/mol. The van der Waals surface area contributed by atoms with E-state index in [0.717, 1.165) is 24.8 Å². The zero-order valence-electron chi connectivity index (χ0n) is 11.6. The van der Waals surface area contributed by atoms with Gasteiger partial charge in [-0.3, -0.25) is 0 Å². The summed E-state index contributed by atoms with van der Waals surface area (Å²) in [7, 11) is 1.72. The van der Waals surface area contributed by atoms with Crippen LogP contribution in [-0.4, -0.2) is 19.7 Å². The van der Waals surface area contributed by atoms with E-state index in [1.165, 1.54) is 29.5 Å². The highest BCUT2D eigenvalue weighted by Gasteiger charge is 2.19. The van der Waals surface area contributed by atoms with Gasteiger partial charge in [-0.2, -0.15) is 0 Å². The van der Waals surface area contributed by atoms with Crippen molar-refractivity contribution < 1.29 is 4.74 Å². The summed E-state index contributed by atoms with van der Waals surface area (Å²) in [5.41, 5.74) is 3.92. The summed E-state index contributed by atoms with van der Waals surface area (Å²) in [4.78, 5) is 0. The van der Waals surface area contributed by atoms with Crippen LogP contribution in [0.3, 0.4) is 0 Å². The van der Waals surface area contributed by atoms with Crippen LogP contribution < -0.4 is 10.1 Å². The summed E-state index contributed by atoms with van der Waals surface area (Å²) in [6.07, 6.45) is 6.09. The van der Waals surface area contributed by atoms with E-state index in [1.54, 1.807) is 7.11 Å². The largest absolute Gasteiger partial charge is 0.496 e. The topological polar surface area (TPSA) is 21.3 Å². The van der Waals surface area contributed by atoms with Gasteiger partial charge in [-0.1, -0.05) is 24.6 Å². The highest BCUT2D eigenvalue weighted by atomic mass is 16.5. The Labute approximate surface area is 110 Å². The van der Waals surface area contributed by atoms with E-state index in [4.69, 9.17) is 4.74 Å². The van der Waals surface area contributed by atoms with E-state index in [2.05, 4.69) is 37.4 Å². The Balaban J connectivity index is 2.05. The Morgan fingerprint density at radius 1 is 1.44 bits per heavy atom. The summed E-state index contributed by atoms with van der Waals surface area (Å²) in [6.45, 7) is 5.33. The molecule has 1 saturated carbocycles. The van der Waals surface area contributed by atoms with Gasteiger partial charge in [0, 0.05) is 12.6 Å². The van der Waals surface area contributed by atoms with E-state index < -0.39 is 0 Å². The van der Waals surface area contributed by atoms with Crippen LogP contribution in [0.4, 0.5) is 0 Å². The molecule has 2 nitrogen and oxygen atoms in total. The maximum absolute atomic E-state index is 5.29. The maximum atomic E-state index is 5.29. The van der Waals surface area contributed by atoms with Crippen LogP contribution in [0.25, 0.3) is 6.08 Å². The van der Waals surface area contributed by atoms with E-state index in [0.29, 0.717) is 0 Å². The van der Waals surface area contributed by atoms with Gasteiger partial charge < -0.3 is 10.1 Å². The Kier molecular flexibility index (Phi) is 4.43. The summed E-state index contributed by atoms with van der Waals surface area (Å²) in [6, 6.07) is 7.13. The third kappa shape index (κ3) is 3.61. The number of ether oxygens (including phenoxy) is 1. The normalized spacial score (nSPS) is 15.8. The first kappa shape index (κ1) is 13.2. The molecule has 0 bridgehead atoms. The van der Waals surface area contributed by atoms with Crippen LogP contribution in [0.15, 0.2) is 23.8 Å². The van der Waals surface area contributed by atoms with Gasteiger partial charge in [0.1, 0.15) is 5.75 Å². The van der Waals surface area contributed by atoms with Crippen molar-refractivity contribution in [3.8, 4) is 5.75 Å². The van der Waals surface area contributed by atoms with Gasteiger partial charge in [0.2, 0.25) is 0 Å². The number of hydrogen-bond donors (Lipinski definition) is 1. The molecule has 0 unspecified atom stereocenters. The SMILES string of the molecule is CCC(=Cc1ccc(OC)c(C)c1)CNC1CC1. The van der Waals surface area contributed by atoms with Crippen molar-refractivity contribution in [1.29, 1.82) is 0 Å². The summed E-state index contributed by atoms with van der Waals surface area (Å²) < 4.78 is 5.29. The molecule has 1 fully saturated rings. The molecule has 1 aromatic carbocycles. The summed E-state index contributed by atoms with van der Waals surface area (Å²) in [5, 5.41) is 3.57. The highest BCUT2D eigenvalue weighted by molar-refractivity contribution is 5.56. The molecule has 18 heavy (non-hydrogen) atoms. The van der Waals surface area contributed by atoms with Crippen LogP contribution >= 0.6 is 0 Å². The molecule has 0 radical (unpaired) electrons. The second-order valence-corrected chi connectivity index (χ2v) is 5.04. The number of hydrogen-bond acceptors (Lipinski definition) is 2. The predicted octanol–water partition coefficient (Wildman–Crippen LogP) is 3.55. The molecule has 0 amide bonds. The molecule has 1 aliphatic rings. The van der Waals surface area contributed by atoms with Crippen LogP contribution in [0.2, 0.25) is 0 Å². The minimum absolute atomic E-state index is 0.776. The average molecular weight is 245 g/mol. The Morgan fingerprint density at radius 2 is 2.22 bits per heavy atom. The number of rotatable bonds is 6. The fourth-order valence-electron chi connectivity index (χ4n) is 2.07. The van der Waals surface area contributed by atoms with E-state index in [-0.39, 0.29) is 0 Å². The molecular weight excluding hydrogens is 222 g/mol.